The minimum atomic E-state index is -1.61. The van der Waals surface area contributed by atoms with Crippen molar-refractivity contribution in [2.24, 2.45) is 17.8 Å². The van der Waals surface area contributed by atoms with Crippen molar-refractivity contribution in [1.82, 2.24) is 4.90 Å². The lowest BCUT2D eigenvalue weighted by atomic mass is 9.76. The van der Waals surface area contributed by atoms with E-state index in [9.17, 15) is 24.3 Å². The molecule has 1 N–H and O–H groups in total. The van der Waals surface area contributed by atoms with Gasteiger partial charge in [0.25, 0.3) is 0 Å². The van der Waals surface area contributed by atoms with Crippen LogP contribution in [0.15, 0.2) is 42.0 Å². The Balaban J connectivity index is 2.13. The third-order valence-corrected chi connectivity index (χ3v) is 10.3. The zero-order valence-corrected chi connectivity index (χ0v) is 31.1. The SMILES string of the molecule is CC[C@H]1OC(=O)[C@H](C)C(=O)[C@H](C)[C@@H](OC2O[C@H](C)C[C@H](N(C)C)[C@H]2OC(=O)c2ccccc2)[C@](C)(OC)C[C@@H](C)C(=O)/C(C)=C/[C@@]1(O)CC. The van der Waals surface area contributed by atoms with Crippen molar-refractivity contribution < 1.29 is 48.0 Å². The van der Waals surface area contributed by atoms with E-state index in [4.69, 9.17) is 23.7 Å². The number of likely N-dealkylation sites (N-methyl/N-ethyl adjacent to an activating group) is 1. The summed E-state index contributed by atoms with van der Waals surface area (Å²) >= 11 is 0. The highest BCUT2D eigenvalue weighted by Gasteiger charge is 2.51. The smallest absolute Gasteiger partial charge is 0.338 e. The molecule has 11 nitrogen and oxygen atoms in total. The van der Waals surface area contributed by atoms with Crippen LogP contribution in [0, 0.1) is 17.8 Å². The van der Waals surface area contributed by atoms with Crippen LogP contribution in [0.5, 0.6) is 0 Å². The molecule has 1 saturated heterocycles. The monoisotopic (exact) mass is 687 g/mol. The van der Waals surface area contributed by atoms with E-state index in [-0.39, 0.29) is 37.2 Å². The Kier molecular flexibility index (Phi) is 13.9. The summed E-state index contributed by atoms with van der Waals surface area (Å²) < 4.78 is 31.1. The maximum atomic E-state index is 14.2. The van der Waals surface area contributed by atoms with Gasteiger partial charge in [-0.05, 0) is 91.3 Å². The maximum absolute atomic E-state index is 14.2. The molecule has 0 amide bonds. The molecule has 1 aromatic rings. The number of methoxy groups -OCH3 is 1. The summed E-state index contributed by atoms with van der Waals surface area (Å²) in [5, 5.41) is 11.6. The molecule has 0 bridgehead atoms. The fourth-order valence-electron chi connectivity index (χ4n) is 7.18. The number of nitrogens with zero attached hydrogens (tertiary/aromatic N) is 1. The molecule has 11 heteroatoms. The fraction of sp³-hybridized carbons (Fsp3) is 0.684. The Labute approximate surface area is 291 Å². The number of ketones is 2. The first kappa shape index (κ1) is 40.5. The summed E-state index contributed by atoms with van der Waals surface area (Å²) in [5.41, 5.74) is -2.19. The second kappa shape index (κ2) is 16.8. The van der Waals surface area contributed by atoms with Gasteiger partial charge in [-0.15, -0.1) is 0 Å². The molecule has 0 saturated carbocycles. The highest BCUT2D eigenvalue weighted by atomic mass is 16.7. The van der Waals surface area contributed by atoms with Gasteiger partial charge in [-0.25, -0.2) is 4.79 Å². The van der Waals surface area contributed by atoms with E-state index in [1.54, 1.807) is 71.9 Å². The molecule has 0 spiro atoms. The average molecular weight is 688 g/mol. The van der Waals surface area contributed by atoms with Gasteiger partial charge < -0.3 is 33.7 Å². The van der Waals surface area contributed by atoms with Gasteiger partial charge in [0.2, 0.25) is 0 Å². The molecule has 1 unspecified atom stereocenters. The van der Waals surface area contributed by atoms with Crippen molar-refractivity contribution in [1.29, 1.82) is 0 Å². The van der Waals surface area contributed by atoms with Crippen LogP contribution in [0.1, 0.15) is 91.4 Å². The van der Waals surface area contributed by atoms with Crippen molar-refractivity contribution >= 4 is 23.5 Å². The van der Waals surface area contributed by atoms with Crippen LogP contribution < -0.4 is 0 Å². The number of hydrogen-bond acceptors (Lipinski definition) is 11. The standard InChI is InChI=1S/C38H57NO10/c1-12-29-38(44,13-2)21-23(4)30(40)22(3)20-37(8,45-11)33(25(6)31(41)26(7)34(42)47-29)49-36-32(28(39(9)10)19-24(5)46-36)48-35(43)27-17-15-14-16-18-27/h14-18,21-22,24-26,28-29,32-33,36,44H,12-13,19-20H2,1-11H3/b23-21+/t22-,24-,25+,26-,28+,29-,32-,33-,36?,37-,38+/m1/s1. The van der Waals surface area contributed by atoms with E-state index < -0.39 is 71.3 Å². The topological polar surface area (TPSA) is 138 Å². The highest BCUT2D eigenvalue weighted by Crippen LogP contribution is 2.38. The number of ether oxygens (including phenoxy) is 5. The lowest BCUT2D eigenvalue weighted by molar-refractivity contribution is -0.294. The first-order chi connectivity index (χ1) is 22.9. The predicted octanol–water partition coefficient (Wildman–Crippen LogP) is 4.93. The number of carbonyl (C=O) groups excluding carboxylic acids is 4. The van der Waals surface area contributed by atoms with E-state index >= 15 is 0 Å². The molecule has 2 heterocycles. The summed E-state index contributed by atoms with van der Waals surface area (Å²) in [5.74, 6) is -4.84. The number of Topliss-reactive ketones (excluding diaryl/α,β-unsaturated/α-hetero) is 2. The van der Waals surface area contributed by atoms with Crippen molar-refractivity contribution in [2.45, 2.75) is 129 Å². The summed E-state index contributed by atoms with van der Waals surface area (Å²) in [6.45, 7) is 13.7. The number of cyclic esters (lactones) is 1. The first-order valence-electron chi connectivity index (χ1n) is 17.4. The molecule has 11 atom stereocenters. The molecule has 0 aliphatic carbocycles. The van der Waals surface area contributed by atoms with Gasteiger partial charge in [0, 0.05) is 18.9 Å². The summed E-state index contributed by atoms with van der Waals surface area (Å²) in [7, 11) is 5.25. The van der Waals surface area contributed by atoms with Crippen LogP contribution in [0.4, 0.5) is 0 Å². The Morgan fingerprint density at radius 3 is 2.24 bits per heavy atom. The quantitative estimate of drug-likeness (QED) is 0.294. The number of allylic oxidation sites excluding steroid dienone is 1. The molecule has 2 aliphatic heterocycles. The maximum Gasteiger partial charge on any atom is 0.338 e. The number of carbonyl (C=O) groups is 4. The van der Waals surface area contributed by atoms with Gasteiger partial charge in [-0.2, -0.15) is 0 Å². The minimum Gasteiger partial charge on any atom is -0.458 e. The predicted molar refractivity (Wildman–Crippen MR) is 184 cm³/mol. The van der Waals surface area contributed by atoms with E-state index in [0.29, 0.717) is 17.6 Å². The number of benzene rings is 1. The Bertz CT molecular complexity index is 1350. The summed E-state index contributed by atoms with van der Waals surface area (Å²) in [4.78, 5) is 56.8. The van der Waals surface area contributed by atoms with Crippen LogP contribution in [0.25, 0.3) is 0 Å². The zero-order valence-electron chi connectivity index (χ0n) is 31.1. The lowest BCUT2D eigenvalue weighted by Gasteiger charge is -2.47. The van der Waals surface area contributed by atoms with Crippen LogP contribution >= 0.6 is 0 Å². The van der Waals surface area contributed by atoms with Crippen molar-refractivity contribution in [3.63, 3.8) is 0 Å². The molecule has 274 valence electrons. The molecule has 1 aromatic carbocycles. The fourth-order valence-corrected chi connectivity index (χ4v) is 7.18. The Hall–Kier alpha value is -2.96. The molecule has 3 rings (SSSR count). The third kappa shape index (κ3) is 9.24. The first-order valence-corrected chi connectivity index (χ1v) is 17.4. The Morgan fingerprint density at radius 1 is 1.06 bits per heavy atom. The number of hydrogen-bond donors (Lipinski definition) is 1. The number of rotatable bonds is 8. The van der Waals surface area contributed by atoms with E-state index in [2.05, 4.69) is 0 Å². The summed E-state index contributed by atoms with van der Waals surface area (Å²) in [6, 6.07) is 8.32. The number of aliphatic hydroxyl groups is 1. The van der Waals surface area contributed by atoms with Crippen LogP contribution in [-0.4, -0.2) is 103 Å². The second-order valence-corrected chi connectivity index (χ2v) is 14.3. The largest absolute Gasteiger partial charge is 0.458 e. The van der Waals surface area contributed by atoms with Crippen LogP contribution in [-0.2, 0) is 38.1 Å². The van der Waals surface area contributed by atoms with Gasteiger partial charge in [0.05, 0.1) is 29.4 Å². The Morgan fingerprint density at radius 2 is 1.69 bits per heavy atom. The third-order valence-electron chi connectivity index (χ3n) is 10.3. The van der Waals surface area contributed by atoms with Crippen molar-refractivity contribution in [3.05, 3.63) is 47.5 Å². The van der Waals surface area contributed by atoms with Gasteiger partial charge in [0.15, 0.2) is 24.0 Å². The van der Waals surface area contributed by atoms with E-state index in [1.807, 2.05) is 25.9 Å². The zero-order chi connectivity index (χ0) is 36.8. The van der Waals surface area contributed by atoms with Crippen molar-refractivity contribution in [2.75, 3.05) is 21.2 Å². The molecular weight excluding hydrogens is 630 g/mol. The highest BCUT2D eigenvalue weighted by molar-refractivity contribution is 6.00. The van der Waals surface area contributed by atoms with E-state index in [0.717, 1.165) is 0 Å². The second-order valence-electron chi connectivity index (χ2n) is 14.3. The van der Waals surface area contributed by atoms with Crippen LogP contribution in [0.2, 0.25) is 0 Å². The molecule has 2 aliphatic rings. The van der Waals surface area contributed by atoms with Crippen LogP contribution in [0.3, 0.4) is 0 Å². The lowest BCUT2D eigenvalue weighted by Crippen LogP contribution is -2.60. The number of esters is 2. The van der Waals surface area contributed by atoms with Gasteiger partial charge in [-0.3, -0.25) is 14.4 Å². The van der Waals surface area contributed by atoms with Gasteiger partial charge in [-0.1, -0.05) is 45.9 Å². The van der Waals surface area contributed by atoms with Crippen molar-refractivity contribution in [3.8, 4) is 0 Å². The molecule has 0 aromatic heterocycles. The average Bonchev–Trinajstić information content (AvgIpc) is 3.08. The van der Waals surface area contributed by atoms with E-state index in [1.165, 1.54) is 20.1 Å². The molecular formula is C38H57NO10. The molecule has 0 radical (unpaired) electrons. The molecule has 1 fully saturated rings. The molecule has 49 heavy (non-hydrogen) atoms. The van der Waals surface area contributed by atoms with Gasteiger partial charge >= 0.3 is 11.9 Å². The summed E-state index contributed by atoms with van der Waals surface area (Å²) in [6.07, 6.45) is -1.78. The normalized spacial score (nSPS) is 37.9. The minimum absolute atomic E-state index is 0.129. The van der Waals surface area contributed by atoms with Gasteiger partial charge in [0.1, 0.15) is 17.6 Å².